The Kier molecular flexibility index (Phi) is 3.62. The van der Waals surface area contributed by atoms with E-state index in [1.165, 1.54) is 11.1 Å². The Labute approximate surface area is 127 Å². The van der Waals surface area contributed by atoms with Crippen molar-refractivity contribution >= 4 is 15.9 Å². The van der Waals surface area contributed by atoms with Gasteiger partial charge in [0.2, 0.25) is 0 Å². The zero-order valence-electron chi connectivity index (χ0n) is 11.9. The van der Waals surface area contributed by atoms with Crippen LogP contribution in [-0.2, 0) is 6.54 Å². The summed E-state index contributed by atoms with van der Waals surface area (Å²) in [6.45, 7) is 2.89. The van der Waals surface area contributed by atoms with Crippen LogP contribution in [-0.4, -0.2) is 34.1 Å². The normalized spacial score (nSPS) is 17.8. The van der Waals surface area contributed by atoms with E-state index < -0.39 is 0 Å². The van der Waals surface area contributed by atoms with Crippen molar-refractivity contribution in [2.75, 3.05) is 14.1 Å². The second-order valence-corrected chi connectivity index (χ2v) is 6.26. The summed E-state index contributed by atoms with van der Waals surface area (Å²) in [6.07, 6.45) is 0.984. The molecule has 1 unspecified atom stereocenters. The van der Waals surface area contributed by atoms with Gasteiger partial charge in [0.25, 0.3) is 0 Å². The van der Waals surface area contributed by atoms with E-state index in [-0.39, 0.29) is 6.04 Å². The summed E-state index contributed by atoms with van der Waals surface area (Å²) in [5.74, 6) is 0. The van der Waals surface area contributed by atoms with Crippen LogP contribution in [0.4, 0.5) is 0 Å². The summed E-state index contributed by atoms with van der Waals surface area (Å²) in [4.78, 5) is 0. The molecule has 106 valence electrons. The molecule has 6 heteroatoms. The number of benzene rings is 1. The fourth-order valence-corrected chi connectivity index (χ4v) is 3.16. The number of rotatable bonds is 2. The van der Waals surface area contributed by atoms with E-state index >= 15 is 0 Å². The van der Waals surface area contributed by atoms with Crippen molar-refractivity contribution in [1.82, 2.24) is 25.4 Å². The van der Waals surface area contributed by atoms with Gasteiger partial charge in [-0.25, -0.2) is 10.1 Å². The maximum Gasteiger partial charge on any atom is 0.0918 e. The van der Waals surface area contributed by atoms with Crippen LogP contribution in [0.3, 0.4) is 0 Å². The van der Waals surface area contributed by atoms with E-state index in [1.54, 1.807) is 0 Å². The predicted molar refractivity (Wildman–Crippen MR) is 82.1 cm³/mol. The minimum atomic E-state index is 0.276. The lowest BCUT2D eigenvalue weighted by Gasteiger charge is -2.23. The monoisotopic (exact) mass is 335 g/mol. The first kappa shape index (κ1) is 13.7. The number of nitrogens with one attached hydrogen (secondary N) is 1. The molecule has 2 aromatic rings. The first-order valence-corrected chi connectivity index (χ1v) is 7.49. The van der Waals surface area contributed by atoms with E-state index in [0.717, 1.165) is 28.8 Å². The Morgan fingerprint density at radius 2 is 2.20 bits per heavy atom. The van der Waals surface area contributed by atoms with E-state index in [0.29, 0.717) is 0 Å². The molecular formula is C14H18BrN5. The molecule has 0 amide bonds. The molecule has 0 aliphatic carbocycles. The molecule has 1 N–H and O–H groups in total. The van der Waals surface area contributed by atoms with Gasteiger partial charge in [0.1, 0.15) is 0 Å². The molecule has 2 heterocycles. The van der Waals surface area contributed by atoms with Crippen LogP contribution in [0.15, 0.2) is 22.7 Å². The maximum absolute atomic E-state index is 4.26. The van der Waals surface area contributed by atoms with E-state index in [9.17, 15) is 0 Å². The Hall–Kier alpha value is -1.24. The van der Waals surface area contributed by atoms with Gasteiger partial charge in [0, 0.05) is 36.7 Å². The summed E-state index contributed by atoms with van der Waals surface area (Å²) in [6, 6.07) is 6.70. The van der Waals surface area contributed by atoms with Crippen LogP contribution < -0.4 is 5.43 Å². The van der Waals surface area contributed by atoms with Gasteiger partial charge in [-0.3, -0.25) is 5.01 Å². The van der Waals surface area contributed by atoms with Crippen molar-refractivity contribution in [2.24, 2.45) is 0 Å². The highest BCUT2D eigenvalue weighted by molar-refractivity contribution is 9.10. The summed E-state index contributed by atoms with van der Waals surface area (Å²) in [7, 11) is 4.04. The van der Waals surface area contributed by atoms with Crippen LogP contribution in [0.5, 0.6) is 0 Å². The minimum Gasteiger partial charge on any atom is -0.250 e. The number of aryl methyl sites for hydroxylation is 2. The van der Waals surface area contributed by atoms with Crippen LogP contribution in [0, 0.1) is 6.92 Å². The average molecular weight is 336 g/mol. The highest BCUT2D eigenvalue weighted by Crippen LogP contribution is 2.36. The molecule has 0 bridgehead atoms. The SMILES string of the molecule is Cc1nnn2c1-c1ccc(Br)cc1C(NN(C)C)CC2. The van der Waals surface area contributed by atoms with Crippen LogP contribution >= 0.6 is 15.9 Å². The quantitative estimate of drug-likeness (QED) is 0.856. The Bertz CT molecular complexity index is 634. The van der Waals surface area contributed by atoms with Gasteiger partial charge < -0.3 is 0 Å². The topological polar surface area (TPSA) is 46.0 Å². The highest BCUT2D eigenvalue weighted by Gasteiger charge is 2.25. The van der Waals surface area contributed by atoms with E-state index in [1.807, 2.05) is 30.7 Å². The molecular weight excluding hydrogens is 318 g/mol. The van der Waals surface area contributed by atoms with Gasteiger partial charge in [-0.05, 0) is 31.0 Å². The molecule has 1 aromatic heterocycles. The molecule has 0 radical (unpaired) electrons. The molecule has 3 rings (SSSR count). The van der Waals surface area contributed by atoms with Crippen molar-refractivity contribution in [1.29, 1.82) is 0 Å². The summed E-state index contributed by atoms with van der Waals surface area (Å²) < 4.78 is 3.11. The smallest absolute Gasteiger partial charge is 0.0918 e. The second kappa shape index (κ2) is 5.27. The Balaban J connectivity index is 2.16. The predicted octanol–water partition coefficient (Wildman–Crippen LogP) is 2.53. The number of fused-ring (bicyclic) bond motifs is 3. The van der Waals surface area contributed by atoms with Gasteiger partial charge in [-0.15, -0.1) is 5.10 Å². The molecule has 1 aromatic carbocycles. The standard InChI is InChI=1S/C14H18BrN5/c1-9-14-11-5-4-10(15)8-12(11)13(17-19(2)3)6-7-20(14)18-16-9/h4-5,8,13,17H,6-7H2,1-3H3. The molecule has 5 nitrogen and oxygen atoms in total. The zero-order valence-corrected chi connectivity index (χ0v) is 13.5. The minimum absolute atomic E-state index is 0.276. The Morgan fingerprint density at radius 3 is 2.95 bits per heavy atom. The van der Waals surface area contributed by atoms with Crippen molar-refractivity contribution < 1.29 is 0 Å². The van der Waals surface area contributed by atoms with Gasteiger partial charge in [0.15, 0.2) is 0 Å². The van der Waals surface area contributed by atoms with E-state index in [4.69, 9.17) is 0 Å². The number of hydrogen-bond acceptors (Lipinski definition) is 4. The molecule has 1 aliphatic rings. The molecule has 0 saturated carbocycles. The van der Waals surface area contributed by atoms with Crippen molar-refractivity contribution in [3.05, 3.63) is 33.9 Å². The fourth-order valence-electron chi connectivity index (χ4n) is 2.78. The molecule has 20 heavy (non-hydrogen) atoms. The summed E-state index contributed by atoms with van der Waals surface area (Å²) >= 11 is 3.58. The third kappa shape index (κ3) is 2.39. The first-order valence-electron chi connectivity index (χ1n) is 6.69. The second-order valence-electron chi connectivity index (χ2n) is 5.34. The molecule has 1 atom stereocenters. The number of hydrogen-bond donors (Lipinski definition) is 1. The lowest BCUT2D eigenvalue weighted by Crippen LogP contribution is -2.34. The summed E-state index contributed by atoms with van der Waals surface area (Å²) in [5, 5.41) is 10.5. The van der Waals surface area contributed by atoms with Crippen LogP contribution in [0.25, 0.3) is 11.3 Å². The Morgan fingerprint density at radius 1 is 1.40 bits per heavy atom. The molecule has 0 saturated heterocycles. The van der Waals surface area contributed by atoms with E-state index in [2.05, 4.69) is 49.9 Å². The zero-order chi connectivity index (χ0) is 14.3. The largest absolute Gasteiger partial charge is 0.250 e. The highest BCUT2D eigenvalue weighted by atomic mass is 79.9. The maximum atomic E-state index is 4.26. The number of nitrogens with zero attached hydrogens (tertiary/aromatic N) is 4. The van der Waals surface area contributed by atoms with Crippen molar-refractivity contribution in [2.45, 2.75) is 25.9 Å². The van der Waals surface area contributed by atoms with Crippen LogP contribution in [0.1, 0.15) is 23.7 Å². The number of halogens is 1. The fraction of sp³-hybridized carbons (Fsp3) is 0.429. The first-order chi connectivity index (χ1) is 9.56. The number of hydrazine groups is 1. The number of aromatic nitrogens is 3. The van der Waals surface area contributed by atoms with Gasteiger partial charge in [-0.2, -0.15) is 0 Å². The average Bonchev–Trinajstić information content (AvgIpc) is 2.68. The van der Waals surface area contributed by atoms with Gasteiger partial charge in [0.05, 0.1) is 11.4 Å². The summed E-state index contributed by atoms with van der Waals surface area (Å²) in [5.41, 5.74) is 8.12. The van der Waals surface area contributed by atoms with Crippen molar-refractivity contribution in [3.8, 4) is 11.3 Å². The van der Waals surface area contributed by atoms with Gasteiger partial charge >= 0.3 is 0 Å². The lowest BCUT2D eigenvalue weighted by atomic mass is 9.97. The van der Waals surface area contributed by atoms with Crippen LogP contribution in [0.2, 0.25) is 0 Å². The molecule has 1 aliphatic heterocycles. The molecule has 0 spiro atoms. The van der Waals surface area contributed by atoms with Gasteiger partial charge in [-0.1, -0.05) is 27.2 Å². The third-order valence-corrected chi connectivity index (χ3v) is 4.08. The third-order valence-electron chi connectivity index (χ3n) is 3.59. The molecule has 0 fully saturated rings. The van der Waals surface area contributed by atoms with Crippen molar-refractivity contribution in [3.63, 3.8) is 0 Å². The lowest BCUT2D eigenvalue weighted by molar-refractivity contribution is 0.231.